The summed E-state index contributed by atoms with van der Waals surface area (Å²) in [7, 11) is 0. The van der Waals surface area contributed by atoms with Gasteiger partial charge in [-0.1, -0.05) is 12.1 Å². The molecule has 1 aliphatic rings. The van der Waals surface area contributed by atoms with Crippen LogP contribution in [0.2, 0.25) is 0 Å². The number of halogens is 1. The molecule has 1 aromatic carbocycles. The van der Waals surface area contributed by atoms with E-state index in [1.54, 1.807) is 0 Å². The molecule has 1 unspecified atom stereocenters. The Hall–Kier alpha value is -1.78. The van der Waals surface area contributed by atoms with Gasteiger partial charge in [-0.3, -0.25) is 4.99 Å². The Kier molecular flexibility index (Phi) is 3.24. The number of hydrogen-bond acceptors (Lipinski definition) is 4. The van der Waals surface area contributed by atoms with Gasteiger partial charge in [0.05, 0.1) is 12.6 Å². The number of guanidine groups is 1. The Morgan fingerprint density at radius 2 is 2.25 bits per heavy atom. The molecule has 16 heavy (non-hydrogen) atoms. The van der Waals surface area contributed by atoms with E-state index in [1.807, 2.05) is 24.3 Å². The SMILES string of the molecule is NC1=NCC(c2ccc(OCC[18F])cc2)N1.[HH]. The molecule has 4 nitrogen and oxygen atoms in total. The van der Waals surface area contributed by atoms with E-state index in [0.717, 1.165) is 5.56 Å². The molecule has 0 fully saturated rings. The highest BCUT2D eigenvalue weighted by atomic mass is 18.2. The summed E-state index contributed by atoms with van der Waals surface area (Å²) in [4.78, 5) is 4.07. The number of ether oxygens (including phenoxy) is 1. The third kappa shape index (κ3) is 2.42. The van der Waals surface area contributed by atoms with Crippen LogP contribution in [-0.2, 0) is 0 Å². The lowest BCUT2D eigenvalue weighted by Crippen LogP contribution is -2.29. The molecule has 0 spiro atoms. The molecule has 5 heteroatoms. The second-order valence-corrected chi connectivity index (χ2v) is 3.53. The predicted octanol–water partition coefficient (Wildman–Crippen LogP) is 1.24. The van der Waals surface area contributed by atoms with Gasteiger partial charge in [0.15, 0.2) is 5.96 Å². The maximum atomic E-state index is 11.9. The molecule has 1 atom stereocenters. The predicted molar refractivity (Wildman–Crippen MR) is 62.4 cm³/mol. The molecule has 0 saturated carbocycles. The lowest BCUT2D eigenvalue weighted by Gasteiger charge is -2.11. The van der Waals surface area contributed by atoms with Crippen molar-refractivity contribution in [1.29, 1.82) is 0 Å². The summed E-state index contributed by atoms with van der Waals surface area (Å²) in [6, 6.07) is 7.64. The van der Waals surface area contributed by atoms with Crippen LogP contribution in [0, 0.1) is 0 Å². The topological polar surface area (TPSA) is 59.6 Å². The summed E-state index contributed by atoms with van der Waals surface area (Å²) in [6.45, 7) is 0.268. The Morgan fingerprint density at radius 1 is 1.50 bits per heavy atom. The molecule has 3 N–H and O–H groups in total. The van der Waals surface area contributed by atoms with Crippen molar-refractivity contribution in [3.63, 3.8) is 0 Å². The van der Waals surface area contributed by atoms with E-state index in [9.17, 15) is 4.39 Å². The van der Waals surface area contributed by atoms with Gasteiger partial charge in [-0.15, -0.1) is 0 Å². The van der Waals surface area contributed by atoms with Crippen molar-refractivity contribution in [2.24, 2.45) is 10.7 Å². The average molecular weight is 224 g/mol. The highest BCUT2D eigenvalue weighted by molar-refractivity contribution is 5.80. The summed E-state index contributed by atoms with van der Waals surface area (Å²) < 4.78 is 17.0. The average Bonchev–Trinajstić information content (AvgIpc) is 2.74. The van der Waals surface area contributed by atoms with E-state index in [1.165, 1.54) is 0 Å². The molecule has 88 valence electrons. The van der Waals surface area contributed by atoms with Crippen molar-refractivity contribution >= 4 is 5.96 Å². The number of nitrogens with one attached hydrogen (secondary N) is 1. The largest absolute Gasteiger partial charge is 0.491 e. The number of benzene rings is 1. The first kappa shape index (κ1) is 10.7. The number of nitrogens with zero attached hydrogens (tertiary/aromatic N) is 1. The standard InChI is InChI=1S/C11H14FN3O.H2/c12-5-6-16-9-3-1-8(2-4-9)10-7-14-11(13)15-10;/h1-4,10H,5-7H2,(H3,13,14,15);1H/i12-1;. The van der Waals surface area contributed by atoms with Crippen molar-refractivity contribution in [2.45, 2.75) is 6.04 Å². The van der Waals surface area contributed by atoms with Crippen LogP contribution in [0.4, 0.5) is 4.39 Å². The quantitative estimate of drug-likeness (QED) is 0.809. The molecule has 0 amide bonds. The number of nitrogens with two attached hydrogens (primary N) is 1. The molecule has 1 heterocycles. The third-order valence-corrected chi connectivity index (χ3v) is 2.39. The van der Waals surface area contributed by atoms with Crippen LogP contribution in [0.25, 0.3) is 0 Å². The second-order valence-electron chi connectivity index (χ2n) is 3.53. The lowest BCUT2D eigenvalue weighted by molar-refractivity contribution is 0.273. The Labute approximate surface area is 94.8 Å². The third-order valence-electron chi connectivity index (χ3n) is 2.39. The molecule has 1 aromatic rings. The summed E-state index contributed by atoms with van der Waals surface area (Å²) in [6.07, 6.45) is 0. The summed E-state index contributed by atoms with van der Waals surface area (Å²) in [5.74, 6) is 1.15. The first-order valence-corrected chi connectivity index (χ1v) is 5.15. The maximum Gasteiger partial charge on any atom is 0.189 e. The minimum atomic E-state index is -0.476. The fraction of sp³-hybridized carbons (Fsp3) is 0.364. The molecule has 1 aliphatic heterocycles. The van der Waals surface area contributed by atoms with E-state index in [4.69, 9.17) is 10.5 Å². The highest BCUT2D eigenvalue weighted by Gasteiger charge is 2.16. The van der Waals surface area contributed by atoms with E-state index in [0.29, 0.717) is 18.3 Å². The Balaban J connectivity index is 0.00000144. The number of alkyl halides is 1. The van der Waals surface area contributed by atoms with Gasteiger partial charge in [0, 0.05) is 1.43 Å². The molecule has 0 saturated heterocycles. The first-order valence-electron chi connectivity index (χ1n) is 5.15. The van der Waals surface area contributed by atoms with Crippen LogP contribution < -0.4 is 15.8 Å². The van der Waals surface area contributed by atoms with Gasteiger partial charge in [0.2, 0.25) is 0 Å². The fourth-order valence-electron chi connectivity index (χ4n) is 1.60. The van der Waals surface area contributed by atoms with E-state index >= 15 is 0 Å². The van der Waals surface area contributed by atoms with E-state index in [-0.39, 0.29) is 14.1 Å². The van der Waals surface area contributed by atoms with Crippen LogP contribution in [0.5, 0.6) is 5.75 Å². The minimum Gasteiger partial charge on any atom is -0.491 e. The van der Waals surface area contributed by atoms with Crippen LogP contribution in [0.15, 0.2) is 29.3 Å². The summed E-state index contributed by atoms with van der Waals surface area (Å²) >= 11 is 0. The Bertz CT molecular complexity index is 383. The zero-order valence-corrected chi connectivity index (χ0v) is 8.82. The molecule has 0 bridgehead atoms. The number of aliphatic imine (C=N–C) groups is 1. The zero-order valence-electron chi connectivity index (χ0n) is 8.82. The van der Waals surface area contributed by atoms with Gasteiger partial charge in [-0.25, -0.2) is 4.39 Å². The highest BCUT2D eigenvalue weighted by Crippen LogP contribution is 2.19. The van der Waals surface area contributed by atoms with Crippen LogP contribution in [-0.4, -0.2) is 25.8 Å². The van der Waals surface area contributed by atoms with Gasteiger partial charge >= 0.3 is 0 Å². The van der Waals surface area contributed by atoms with Crippen molar-refractivity contribution in [2.75, 3.05) is 19.8 Å². The normalized spacial score (nSPS) is 19.1. The van der Waals surface area contributed by atoms with Gasteiger partial charge in [-0.05, 0) is 17.7 Å². The van der Waals surface area contributed by atoms with Gasteiger partial charge in [-0.2, -0.15) is 0 Å². The minimum absolute atomic E-state index is 0. The van der Waals surface area contributed by atoms with Crippen molar-refractivity contribution in [3.8, 4) is 5.75 Å². The van der Waals surface area contributed by atoms with Gasteiger partial charge in [0.25, 0.3) is 0 Å². The summed E-state index contributed by atoms with van der Waals surface area (Å²) in [5.41, 5.74) is 6.62. The first-order chi connectivity index (χ1) is 7.79. The molecule has 2 rings (SSSR count). The molecule has 0 radical (unpaired) electrons. The monoisotopic (exact) mass is 224 g/mol. The zero-order chi connectivity index (χ0) is 11.4. The number of rotatable bonds is 4. The molecule has 0 aromatic heterocycles. The van der Waals surface area contributed by atoms with Crippen LogP contribution in [0.3, 0.4) is 0 Å². The van der Waals surface area contributed by atoms with Crippen molar-refractivity contribution < 1.29 is 10.6 Å². The van der Waals surface area contributed by atoms with E-state index in [2.05, 4.69) is 10.3 Å². The van der Waals surface area contributed by atoms with Crippen molar-refractivity contribution in [1.82, 2.24) is 5.32 Å². The van der Waals surface area contributed by atoms with Gasteiger partial charge in [0.1, 0.15) is 19.0 Å². The molecular weight excluding hydrogens is 208 g/mol. The van der Waals surface area contributed by atoms with Crippen molar-refractivity contribution in [3.05, 3.63) is 29.8 Å². The van der Waals surface area contributed by atoms with Gasteiger partial charge < -0.3 is 15.8 Å². The number of hydrogen-bond donors (Lipinski definition) is 2. The lowest BCUT2D eigenvalue weighted by atomic mass is 10.1. The Morgan fingerprint density at radius 3 is 2.81 bits per heavy atom. The fourth-order valence-corrected chi connectivity index (χ4v) is 1.60. The van der Waals surface area contributed by atoms with E-state index < -0.39 is 6.67 Å². The van der Waals surface area contributed by atoms with Crippen LogP contribution in [0.1, 0.15) is 13.0 Å². The van der Waals surface area contributed by atoms with Crippen LogP contribution >= 0.6 is 0 Å². The smallest absolute Gasteiger partial charge is 0.189 e. The second kappa shape index (κ2) is 4.83. The molecule has 0 aliphatic carbocycles. The summed E-state index contributed by atoms with van der Waals surface area (Å²) in [5, 5.41) is 3.06. The molecular formula is C11H16FN3O. The maximum absolute atomic E-state index is 11.9.